The molecule has 1 heterocycles. The Bertz CT molecular complexity index is 753. The first kappa shape index (κ1) is 13.4. The third-order valence-electron chi connectivity index (χ3n) is 2.80. The zero-order chi connectivity index (χ0) is 14.1. The van der Waals surface area contributed by atoms with Crippen molar-refractivity contribution in [1.82, 2.24) is 4.98 Å². The Labute approximate surface area is 127 Å². The quantitative estimate of drug-likeness (QED) is 0.592. The van der Waals surface area contributed by atoms with Crippen LogP contribution in [0.25, 0.3) is 21.8 Å². The number of aromatic nitrogens is 1. The van der Waals surface area contributed by atoms with Gasteiger partial charge in [0, 0.05) is 27.0 Å². The van der Waals surface area contributed by atoms with Crippen molar-refractivity contribution in [3.63, 3.8) is 0 Å². The Morgan fingerprint density at radius 1 is 1.00 bits per heavy atom. The molecule has 0 N–H and O–H groups in total. The first-order valence-corrected chi connectivity index (χ1v) is 7.47. The lowest BCUT2D eigenvalue weighted by Crippen LogP contribution is -1.86. The van der Waals surface area contributed by atoms with E-state index >= 15 is 0 Å². The van der Waals surface area contributed by atoms with Gasteiger partial charge in [0.2, 0.25) is 0 Å². The fourth-order valence-electron chi connectivity index (χ4n) is 1.82. The lowest BCUT2D eigenvalue weighted by Gasteiger charge is -1.99. The second-order valence-electron chi connectivity index (χ2n) is 4.17. The molecule has 0 saturated heterocycles. The molecule has 0 amide bonds. The normalized spacial score (nSPS) is 10.8. The van der Waals surface area contributed by atoms with Crippen molar-refractivity contribution in [2.45, 2.75) is 0 Å². The number of nitrogens with zero attached hydrogens (tertiary/aromatic N) is 1. The number of benzene rings is 2. The number of hydrogen-bond donors (Lipinski definition) is 0. The molecule has 2 aromatic carbocycles. The molecule has 3 aromatic rings. The minimum atomic E-state index is -0.599. The molecular weight excluding hydrogens is 344 g/mol. The van der Waals surface area contributed by atoms with Gasteiger partial charge in [-0.2, -0.15) is 0 Å². The monoisotopic (exact) mass is 351 g/mol. The van der Waals surface area contributed by atoms with E-state index in [9.17, 15) is 8.78 Å². The van der Waals surface area contributed by atoms with Crippen LogP contribution in [0.15, 0.2) is 52.3 Å². The Balaban J connectivity index is 1.99. The zero-order valence-electron chi connectivity index (χ0n) is 10.1. The van der Waals surface area contributed by atoms with Crippen LogP contribution in [0.3, 0.4) is 0 Å². The largest absolute Gasteiger partial charge is 0.236 e. The van der Waals surface area contributed by atoms with Gasteiger partial charge in [-0.3, -0.25) is 0 Å². The van der Waals surface area contributed by atoms with Crippen LogP contribution in [0.1, 0.15) is 0 Å². The Morgan fingerprint density at radius 3 is 2.45 bits per heavy atom. The minimum absolute atomic E-state index is 0.311. The van der Waals surface area contributed by atoms with Gasteiger partial charge in [0.15, 0.2) is 0 Å². The Kier molecular flexibility index (Phi) is 3.63. The molecular formula is C15H8BrF2NS. The van der Waals surface area contributed by atoms with E-state index in [1.54, 1.807) is 5.38 Å². The van der Waals surface area contributed by atoms with Crippen molar-refractivity contribution < 1.29 is 8.78 Å². The summed E-state index contributed by atoms with van der Waals surface area (Å²) in [5.41, 5.74) is 1.79. The third-order valence-corrected chi connectivity index (χ3v) is 4.22. The van der Waals surface area contributed by atoms with Crippen LogP contribution in [0.4, 0.5) is 8.78 Å². The molecule has 0 unspecified atom stereocenters. The van der Waals surface area contributed by atoms with Crippen LogP contribution in [0.5, 0.6) is 0 Å². The molecule has 0 aliphatic carbocycles. The zero-order valence-corrected chi connectivity index (χ0v) is 12.5. The van der Waals surface area contributed by atoms with Crippen LogP contribution in [0.2, 0.25) is 0 Å². The fraction of sp³-hybridized carbons (Fsp3) is 0. The average molecular weight is 352 g/mol. The van der Waals surface area contributed by atoms with Crippen LogP contribution in [-0.2, 0) is 0 Å². The van der Waals surface area contributed by atoms with Gasteiger partial charge in [-0.1, -0.05) is 28.1 Å². The number of rotatable bonds is 2. The molecule has 5 heteroatoms. The van der Waals surface area contributed by atoms with E-state index in [4.69, 9.17) is 0 Å². The van der Waals surface area contributed by atoms with Gasteiger partial charge in [0.25, 0.3) is 0 Å². The molecule has 100 valence electrons. The van der Waals surface area contributed by atoms with Gasteiger partial charge in [0.1, 0.15) is 16.6 Å². The Hall–Kier alpha value is -1.59. The van der Waals surface area contributed by atoms with E-state index in [-0.39, 0.29) is 0 Å². The van der Waals surface area contributed by atoms with Crippen LogP contribution >= 0.6 is 27.3 Å². The molecule has 0 bridgehead atoms. The average Bonchev–Trinajstić information content (AvgIpc) is 2.89. The molecule has 1 aromatic heterocycles. The van der Waals surface area contributed by atoms with Crippen molar-refractivity contribution in [1.29, 1.82) is 0 Å². The van der Waals surface area contributed by atoms with E-state index in [0.29, 0.717) is 11.3 Å². The maximum atomic E-state index is 13.7. The van der Waals surface area contributed by atoms with E-state index in [1.807, 2.05) is 24.3 Å². The second kappa shape index (κ2) is 5.42. The molecule has 3 rings (SSSR count). The molecule has 0 radical (unpaired) electrons. The van der Waals surface area contributed by atoms with Crippen molar-refractivity contribution in [3.8, 4) is 21.8 Å². The van der Waals surface area contributed by atoms with Gasteiger partial charge < -0.3 is 0 Å². The highest BCUT2D eigenvalue weighted by Gasteiger charge is 2.11. The summed E-state index contributed by atoms with van der Waals surface area (Å²) in [7, 11) is 0. The van der Waals surface area contributed by atoms with Crippen molar-refractivity contribution in [2.24, 2.45) is 0 Å². The summed E-state index contributed by atoms with van der Waals surface area (Å²) < 4.78 is 27.6. The minimum Gasteiger partial charge on any atom is -0.236 e. The van der Waals surface area contributed by atoms with Crippen molar-refractivity contribution in [3.05, 3.63) is 64.0 Å². The Morgan fingerprint density at radius 2 is 1.75 bits per heavy atom. The number of halogens is 3. The molecule has 0 atom stereocenters. The summed E-state index contributed by atoms with van der Waals surface area (Å²) in [6.07, 6.45) is 0. The maximum Gasteiger partial charge on any atom is 0.135 e. The van der Waals surface area contributed by atoms with Crippen LogP contribution in [-0.4, -0.2) is 4.98 Å². The highest BCUT2D eigenvalue weighted by Crippen LogP contribution is 2.30. The maximum absolute atomic E-state index is 13.7. The molecule has 1 nitrogen and oxygen atoms in total. The predicted molar refractivity (Wildman–Crippen MR) is 80.6 cm³/mol. The van der Waals surface area contributed by atoms with E-state index < -0.39 is 11.6 Å². The van der Waals surface area contributed by atoms with E-state index in [1.165, 1.54) is 23.5 Å². The van der Waals surface area contributed by atoms with Gasteiger partial charge in [-0.15, -0.1) is 11.3 Å². The molecule has 20 heavy (non-hydrogen) atoms. The fourth-order valence-corrected chi connectivity index (χ4v) is 2.91. The number of thiazole rings is 1. The molecule has 0 spiro atoms. The summed E-state index contributed by atoms with van der Waals surface area (Å²) in [4.78, 5) is 4.41. The van der Waals surface area contributed by atoms with Crippen molar-refractivity contribution >= 4 is 27.3 Å². The lowest BCUT2D eigenvalue weighted by molar-refractivity contribution is 0.585. The summed E-state index contributed by atoms with van der Waals surface area (Å²) in [5, 5.41) is 2.57. The van der Waals surface area contributed by atoms with Gasteiger partial charge in [-0.05, 0) is 24.3 Å². The summed E-state index contributed by atoms with van der Waals surface area (Å²) >= 11 is 4.80. The molecule has 0 saturated carbocycles. The summed E-state index contributed by atoms with van der Waals surface area (Å²) in [6, 6.07) is 11.2. The lowest BCUT2D eigenvalue weighted by atomic mass is 10.1. The third kappa shape index (κ3) is 2.64. The first-order valence-electron chi connectivity index (χ1n) is 5.80. The topological polar surface area (TPSA) is 12.9 Å². The summed E-state index contributed by atoms with van der Waals surface area (Å²) in [6.45, 7) is 0. The van der Waals surface area contributed by atoms with Gasteiger partial charge in [-0.25, -0.2) is 13.8 Å². The SMILES string of the molecule is Fc1ccc(-c2csc(-c3ccc(Br)cc3)n2)c(F)c1. The van der Waals surface area contributed by atoms with E-state index in [2.05, 4.69) is 20.9 Å². The number of hydrogen-bond acceptors (Lipinski definition) is 2. The molecule has 0 aliphatic heterocycles. The van der Waals surface area contributed by atoms with Crippen molar-refractivity contribution in [2.75, 3.05) is 0 Å². The second-order valence-corrected chi connectivity index (χ2v) is 5.94. The molecule has 0 fully saturated rings. The summed E-state index contributed by atoms with van der Waals surface area (Å²) in [5.74, 6) is -1.19. The smallest absolute Gasteiger partial charge is 0.135 e. The molecule has 0 aliphatic rings. The highest BCUT2D eigenvalue weighted by molar-refractivity contribution is 9.10. The highest BCUT2D eigenvalue weighted by atomic mass is 79.9. The standard InChI is InChI=1S/C15H8BrF2NS/c16-10-3-1-9(2-4-10)15-19-14(8-20-15)12-6-5-11(17)7-13(12)18/h1-8H. The predicted octanol–water partition coefficient (Wildman–Crippen LogP) is 5.52. The van der Waals surface area contributed by atoms with E-state index in [0.717, 1.165) is 21.1 Å². The van der Waals surface area contributed by atoms with Gasteiger partial charge in [0.05, 0.1) is 5.69 Å². The first-order chi connectivity index (χ1) is 9.63. The van der Waals surface area contributed by atoms with Crippen LogP contribution < -0.4 is 0 Å². The van der Waals surface area contributed by atoms with Gasteiger partial charge >= 0.3 is 0 Å². The van der Waals surface area contributed by atoms with Crippen LogP contribution in [0, 0.1) is 11.6 Å².